The van der Waals surface area contributed by atoms with E-state index >= 15 is 0 Å². The van der Waals surface area contributed by atoms with Crippen LogP contribution in [0.15, 0.2) is 30.7 Å². The van der Waals surface area contributed by atoms with Crippen LogP contribution in [-0.2, 0) is 11.2 Å². The second-order valence-electron chi connectivity index (χ2n) is 5.05. The van der Waals surface area contributed by atoms with Crippen molar-refractivity contribution < 1.29 is 9.59 Å². The summed E-state index contributed by atoms with van der Waals surface area (Å²) in [6.07, 6.45) is 5.92. The van der Waals surface area contributed by atoms with E-state index in [-0.39, 0.29) is 18.4 Å². The lowest BCUT2D eigenvalue weighted by molar-refractivity contribution is -0.123. The van der Waals surface area contributed by atoms with E-state index in [2.05, 4.69) is 15.3 Å². The molecule has 22 heavy (non-hydrogen) atoms. The molecule has 2 aromatic heterocycles. The first kappa shape index (κ1) is 14.2. The van der Waals surface area contributed by atoms with Crippen molar-refractivity contribution in [3.8, 4) is 5.82 Å². The van der Waals surface area contributed by atoms with E-state index in [1.807, 2.05) is 17.7 Å². The average Bonchev–Trinajstić information content (AvgIpc) is 3.03. The van der Waals surface area contributed by atoms with Crippen molar-refractivity contribution in [3.05, 3.63) is 42.1 Å². The zero-order valence-electron chi connectivity index (χ0n) is 12.3. The van der Waals surface area contributed by atoms with E-state index in [4.69, 9.17) is 0 Å². The van der Waals surface area contributed by atoms with E-state index in [0.717, 1.165) is 18.1 Å². The Balaban J connectivity index is 1.79. The molecule has 0 radical (unpaired) electrons. The quantitative estimate of drug-likeness (QED) is 0.890. The summed E-state index contributed by atoms with van der Waals surface area (Å²) in [7, 11) is 0. The van der Waals surface area contributed by atoms with Gasteiger partial charge in [0.25, 0.3) is 5.91 Å². The molecule has 0 saturated carbocycles. The minimum atomic E-state index is -0.171. The van der Waals surface area contributed by atoms with Gasteiger partial charge in [0.1, 0.15) is 11.6 Å². The number of carbonyl (C=O) groups excluding carboxylic acids is 2. The molecule has 1 fully saturated rings. The Hall–Kier alpha value is -2.70. The van der Waals surface area contributed by atoms with Crippen molar-refractivity contribution in [3.63, 3.8) is 0 Å². The molecule has 3 rings (SSSR count). The zero-order chi connectivity index (χ0) is 15.5. The van der Waals surface area contributed by atoms with Crippen LogP contribution < -0.4 is 5.32 Å². The van der Waals surface area contributed by atoms with Crippen molar-refractivity contribution in [2.45, 2.75) is 13.3 Å². The first-order valence-corrected chi connectivity index (χ1v) is 7.23. The van der Waals surface area contributed by atoms with Crippen LogP contribution in [0, 0.1) is 0 Å². The number of amides is 2. The van der Waals surface area contributed by atoms with Gasteiger partial charge >= 0.3 is 0 Å². The van der Waals surface area contributed by atoms with E-state index in [9.17, 15) is 9.59 Å². The van der Waals surface area contributed by atoms with Crippen LogP contribution in [0.1, 0.15) is 23.1 Å². The monoisotopic (exact) mass is 299 g/mol. The van der Waals surface area contributed by atoms with Crippen molar-refractivity contribution >= 4 is 11.8 Å². The summed E-state index contributed by atoms with van der Waals surface area (Å²) in [6, 6.07) is 3.52. The highest BCUT2D eigenvalue weighted by Gasteiger charge is 2.22. The number of pyridine rings is 1. The Morgan fingerprint density at radius 2 is 2.23 bits per heavy atom. The molecular weight excluding hydrogens is 282 g/mol. The third-order valence-electron chi connectivity index (χ3n) is 3.60. The second-order valence-corrected chi connectivity index (χ2v) is 5.05. The lowest BCUT2D eigenvalue weighted by Gasteiger charge is -2.26. The maximum absolute atomic E-state index is 12.4. The number of imidazole rings is 1. The van der Waals surface area contributed by atoms with Gasteiger partial charge in [-0.15, -0.1) is 0 Å². The Kier molecular flexibility index (Phi) is 3.86. The van der Waals surface area contributed by atoms with Gasteiger partial charge in [-0.1, -0.05) is 6.92 Å². The molecule has 1 aliphatic heterocycles. The standard InChI is InChI=1S/C15H17N5O2/c1-2-12-16-6-8-20(12)13-4-3-11(9-18-13)15(22)19-7-5-17-14(21)10-19/h3-4,6,8-9H,2,5,7,10H2,1H3,(H,17,21). The lowest BCUT2D eigenvalue weighted by Crippen LogP contribution is -2.49. The molecule has 7 nitrogen and oxygen atoms in total. The summed E-state index contributed by atoms with van der Waals surface area (Å²) < 4.78 is 1.89. The fourth-order valence-electron chi connectivity index (χ4n) is 2.45. The van der Waals surface area contributed by atoms with Crippen molar-refractivity contribution in [1.82, 2.24) is 24.8 Å². The molecule has 0 unspecified atom stereocenters. The van der Waals surface area contributed by atoms with Gasteiger partial charge in [0.05, 0.1) is 12.1 Å². The van der Waals surface area contributed by atoms with Crippen LogP contribution in [0.2, 0.25) is 0 Å². The van der Waals surface area contributed by atoms with Crippen LogP contribution in [0.4, 0.5) is 0 Å². The third-order valence-corrected chi connectivity index (χ3v) is 3.60. The van der Waals surface area contributed by atoms with Crippen LogP contribution >= 0.6 is 0 Å². The minimum absolute atomic E-state index is 0.0993. The van der Waals surface area contributed by atoms with Gasteiger partial charge in [-0.25, -0.2) is 9.97 Å². The Bertz CT molecular complexity index is 692. The number of aromatic nitrogens is 3. The SMILES string of the molecule is CCc1nccn1-c1ccc(C(=O)N2CCNC(=O)C2)cn1. The van der Waals surface area contributed by atoms with Gasteiger partial charge in [-0.3, -0.25) is 14.2 Å². The Morgan fingerprint density at radius 1 is 1.36 bits per heavy atom. The summed E-state index contributed by atoms with van der Waals surface area (Å²) in [4.78, 5) is 33.8. The van der Waals surface area contributed by atoms with E-state index < -0.39 is 0 Å². The van der Waals surface area contributed by atoms with E-state index in [1.54, 1.807) is 24.5 Å². The van der Waals surface area contributed by atoms with Gasteiger partial charge in [0.2, 0.25) is 5.91 Å². The molecule has 1 saturated heterocycles. The van der Waals surface area contributed by atoms with E-state index in [0.29, 0.717) is 18.7 Å². The molecule has 2 amide bonds. The van der Waals surface area contributed by atoms with Gasteiger partial charge in [0.15, 0.2) is 0 Å². The topological polar surface area (TPSA) is 80.1 Å². The fraction of sp³-hybridized carbons (Fsp3) is 0.333. The Labute approximate surface area is 128 Å². The molecule has 3 heterocycles. The number of nitrogens with one attached hydrogen (secondary N) is 1. The smallest absolute Gasteiger partial charge is 0.255 e. The highest BCUT2D eigenvalue weighted by Crippen LogP contribution is 2.11. The number of aryl methyl sites for hydroxylation is 1. The summed E-state index contributed by atoms with van der Waals surface area (Å²) in [5.41, 5.74) is 0.483. The summed E-state index contributed by atoms with van der Waals surface area (Å²) in [5.74, 6) is 1.34. The molecule has 0 aromatic carbocycles. The molecule has 2 aromatic rings. The van der Waals surface area contributed by atoms with Gasteiger partial charge in [-0.2, -0.15) is 0 Å². The number of carbonyl (C=O) groups is 2. The number of hydrogen-bond acceptors (Lipinski definition) is 4. The largest absolute Gasteiger partial charge is 0.353 e. The Morgan fingerprint density at radius 3 is 2.91 bits per heavy atom. The molecule has 7 heteroatoms. The molecule has 0 aliphatic carbocycles. The molecule has 0 spiro atoms. The van der Waals surface area contributed by atoms with Gasteiger partial charge in [0, 0.05) is 38.1 Å². The van der Waals surface area contributed by atoms with E-state index in [1.165, 1.54) is 4.90 Å². The van der Waals surface area contributed by atoms with Crippen LogP contribution in [0.25, 0.3) is 5.82 Å². The third kappa shape index (κ3) is 2.69. The number of rotatable bonds is 3. The number of piperazine rings is 1. The second kappa shape index (κ2) is 5.97. The summed E-state index contributed by atoms with van der Waals surface area (Å²) in [6.45, 7) is 3.14. The van der Waals surface area contributed by atoms with Gasteiger partial charge < -0.3 is 10.2 Å². The molecule has 0 bridgehead atoms. The van der Waals surface area contributed by atoms with Crippen LogP contribution in [-0.4, -0.2) is 50.9 Å². The van der Waals surface area contributed by atoms with Crippen molar-refractivity contribution in [2.24, 2.45) is 0 Å². The summed E-state index contributed by atoms with van der Waals surface area (Å²) >= 11 is 0. The van der Waals surface area contributed by atoms with Gasteiger partial charge in [-0.05, 0) is 12.1 Å². The molecule has 1 N–H and O–H groups in total. The average molecular weight is 299 g/mol. The first-order valence-electron chi connectivity index (χ1n) is 7.23. The van der Waals surface area contributed by atoms with Crippen LogP contribution in [0.3, 0.4) is 0 Å². The summed E-state index contributed by atoms with van der Waals surface area (Å²) in [5, 5.41) is 2.70. The predicted molar refractivity (Wildman–Crippen MR) is 79.7 cm³/mol. The number of hydrogen-bond donors (Lipinski definition) is 1. The van der Waals surface area contributed by atoms with Crippen LogP contribution in [0.5, 0.6) is 0 Å². The maximum Gasteiger partial charge on any atom is 0.255 e. The van der Waals surface area contributed by atoms with Crippen molar-refractivity contribution in [2.75, 3.05) is 19.6 Å². The number of nitrogens with zero attached hydrogens (tertiary/aromatic N) is 4. The first-order chi connectivity index (χ1) is 10.7. The fourth-order valence-corrected chi connectivity index (χ4v) is 2.45. The normalized spacial score (nSPS) is 14.8. The van der Waals surface area contributed by atoms with Crippen molar-refractivity contribution in [1.29, 1.82) is 0 Å². The predicted octanol–water partition coefficient (Wildman–Crippen LogP) is 0.402. The molecular formula is C15H17N5O2. The lowest BCUT2D eigenvalue weighted by atomic mass is 10.2. The highest BCUT2D eigenvalue weighted by molar-refractivity contribution is 5.96. The molecule has 0 atom stereocenters. The maximum atomic E-state index is 12.4. The zero-order valence-corrected chi connectivity index (χ0v) is 12.3. The molecule has 114 valence electrons. The highest BCUT2D eigenvalue weighted by atomic mass is 16.2. The minimum Gasteiger partial charge on any atom is -0.353 e. The molecule has 1 aliphatic rings.